The lowest BCUT2D eigenvalue weighted by Crippen LogP contribution is -2.42. The topological polar surface area (TPSA) is 59.5 Å². The van der Waals surface area contributed by atoms with E-state index in [2.05, 4.69) is 4.98 Å². The van der Waals surface area contributed by atoms with Crippen LogP contribution in [0.2, 0.25) is 0 Å². The lowest BCUT2D eigenvalue weighted by atomic mass is 9.87. The number of allylic oxidation sites excluding steroid dienone is 1. The average Bonchev–Trinajstić information content (AvgIpc) is 2.73. The third-order valence-corrected chi connectivity index (χ3v) is 5.21. The van der Waals surface area contributed by atoms with Gasteiger partial charge in [0.05, 0.1) is 0 Å². The molecule has 0 radical (unpaired) electrons. The second-order valence-corrected chi connectivity index (χ2v) is 8.88. The second kappa shape index (κ2) is 9.86. The molecule has 1 saturated heterocycles. The maximum absolute atomic E-state index is 13.3. The number of halogens is 1. The van der Waals surface area contributed by atoms with Gasteiger partial charge in [0, 0.05) is 37.5 Å². The van der Waals surface area contributed by atoms with Crippen LogP contribution < -0.4 is 0 Å². The van der Waals surface area contributed by atoms with Gasteiger partial charge in [-0.3, -0.25) is 9.78 Å². The summed E-state index contributed by atoms with van der Waals surface area (Å²) in [6.45, 7) is 6.72. The van der Waals surface area contributed by atoms with Gasteiger partial charge in [-0.05, 0) is 81.0 Å². The molecule has 1 aromatic carbocycles. The highest BCUT2D eigenvalue weighted by Gasteiger charge is 2.28. The minimum Gasteiger partial charge on any atom is -0.444 e. The van der Waals surface area contributed by atoms with E-state index in [1.165, 1.54) is 12.1 Å². The third kappa shape index (κ3) is 6.74. The first-order valence-electron chi connectivity index (χ1n) is 10.6. The zero-order valence-electron chi connectivity index (χ0n) is 18.3. The van der Waals surface area contributed by atoms with E-state index < -0.39 is 5.60 Å². The molecule has 2 heterocycles. The van der Waals surface area contributed by atoms with Crippen molar-refractivity contribution in [1.82, 2.24) is 9.88 Å². The first-order valence-corrected chi connectivity index (χ1v) is 10.6. The van der Waals surface area contributed by atoms with E-state index in [1.54, 1.807) is 47.6 Å². The van der Waals surface area contributed by atoms with Gasteiger partial charge in [0.1, 0.15) is 11.4 Å². The summed E-state index contributed by atoms with van der Waals surface area (Å²) in [5.74, 6) is -0.0819. The number of benzene rings is 1. The molecule has 0 spiro atoms. The van der Waals surface area contributed by atoms with Gasteiger partial charge in [-0.2, -0.15) is 0 Å². The van der Waals surface area contributed by atoms with Crippen molar-refractivity contribution in [1.29, 1.82) is 0 Å². The molecule has 0 N–H and O–H groups in total. The summed E-state index contributed by atoms with van der Waals surface area (Å²) in [4.78, 5) is 31.2. The lowest BCUT2D eigenvalue weighted by molar-refractivity contribution is -0.114. The summed E-state index contributed by atoms with van der Waals surface area (Å²) in [6, 6.07) is 9.68. The minimum atomic E-state index is -0.519. The number of rotatable bonds is 5. The molecular formula is C25H29FN2O3. The smallest absolute Gasteiger partial charge is 0.410 e. The van der Waals surface area contributed by atoms with Gasteiger partial charge in [-0.25, -0.2) is 9.18 Å². The molecule has 0 unspecified atom stereocenters. The van der Waals surface area contributed by atoms with Gasteiger partial charge in [-0.1, -0.05) is 12.1 Å². The zero-order chi connectivity index (χ0) is 22.4. The largest absolute Gasteiger partial charge is 0.444 e. The molecule has 1 aliphatic rings. The van der Waals surface area contributed by atoms with Crippen molar-refractivity contribution in [2.24, 2.45) is 5.92 Å². The number of carbonyl (C=O) groups is 2. The summed E-state index contributed by atoms with van der Waals surface area (Å²) in [5.41, 5.74) is 1.62. The van der Waals surface area contributed by atoms with Crippen LogP contribution in [0, 0.1) is 11.7 Å². The van der Waals surface area contributed by atoms with Gasteiger partial charge in [0.2, 0.25) is 0 Å². The van der Waals surface area contributed by atoms with E-state index in [-0.39, 0.29) is 23.6 Å². The number of piperidine rings is 1. The molecule has 0 bridgehead atoms. The van der Waals surface area contributed by atoms with Crippen LogP contribution in [0.1, 0.15) is 51.2 Å². The van der Waals surface area contributed by atoms with E-state index in [0.29, 0.717) is 25.1 Å². The molecule has 1 fully saturated rings. The van der Waals surface area contributed by atoms with Gasteiger partial charge >= 0.3 is 6.09 Å². The number of hydrogen-bond acceptors (Lipinski definition) is 4. The fraction of sp³-hybridized carbons (Fsp3) is 0.400. The van der Waals surface area contributed by atoms with Crippen LogP contribution in [0.5, 0.6) is 0 Å². The number of hydrogen-bond donors (Lipinski definition) is 0. The number of nitrogens with zero attached hydrogens (tertiary/aromatic N) is 2. The zero-order valence-corrected chi connectivity index (χ0v) is 18.3. The van der Waals surface area contributed by atoms with Crippen molar-refractivity contribution in [2.75, 3.05) is 13.1 Å². The quantitative estimate of drug-likeness (QED) is 0.606. The minimum absolute atomic E-state index is 0.0336. The van der Waals surface area contributed by atoms with E-state index >= 15 is 0 Å². The maximum Gasteiger partial charge on any atom is 0.410 e. The molecule has 5 nitrogen and oxygen atoms in total. The number of amides is 1. The van der Waals surface area contributed by atoms with Gasteiger partial charge in [-0.15, -0.1) is 0 Å². The molecule has 3 rings (SSSR count). The van der Waals surface area contributed by atoms with Crippen LogP contribution in [-0.2, 0) is 9.53 Å². The summed E-state index contributed by atoms with van der Waals surface area (Å²) in [6.07, 6.45) is 6.72. The highest BCUT2D eigenvalue weighted by atomic mass is 19.1. The van der Waals surface area contributed by atoms with Crippen molar-refractivity contribution in [2.45, 2.75) is 45.6 Å². The lowest BCUT2D eigenvalue weighted by Gasteiger charge is -2.33. The van der Waals surface area contributed by atoms with E-state index in [9.17, 15) is 14.0 Å². The number of ether oxygens (including phenoxy) is 1. The molecule has 1 amide bonds. The van der Waals surface area contributed by atoms with Crippen molar-refractivity contribution in [3.05, 3.63) is 65.7 Å². The van der Waals surface area contributed by atoms with Crippen molar-refractivity contribution >= 4 is 23.5 Å². The van der Waals surface area contributed by atoms with Crippen molar-refractivity contribution in [3.8, 4) is 0 Å². The molecule has 0 saturated carbocycles. The first kappa shape index (κ1) is 22.7. The van der Waals surface area contributed by atoms with E-state index in [4.69, 9.17) is 4.74 Å². The van der Waals surface area contributed by atoms with Crippen molar-refractivity contribution in [3.63, 3.8) is 0 Å². The van der Waals surface area contributed by atoms with Crippen LogP contribution in [0.15, 0.2) is 48.8 Å². The predicted molar refractivity (Wildman–Crippen MR) is 119 cm³/mol. The van der Waals surface area contributed by atoms with Crippen molar-refractivity contribution < 1.29 is 18.7 Å². The van der Waals surface area contributed by atoms with Crippen LogP contribution in [0.4, 0.5) is 9.18 Å². The fourth-order valence-corrected chi connectivity index (χ4v) is 3.60. The van der Waals surface area contributed by atoms with E-state index in [0.717, 1.165) is 24.0 Å². The molecule has 1 aromatic heterocycles. The van der Waals surface area contributed by atoms with Crippen LogP contribution >= 0.6 is 0 Å². The Bertz CT molecular complexity index is 925. The Morgan fingerprint density at radius 2 is 1.71 bits per heavy atom. The van der Waals surface area contributed by atoms with Gasteiger partial charge in [0.25, 0.3) is 0 Å². The number of carbonyl (C=O) groups excluding carboxylic acids is 2. The van der Waals surface area contributed by atoms with Gasteiger partial charge < -0.3 is 9.64 Å². The number of aromatic nitrogens is 1. The first-order chi connectivity index (χ1) is 14.7. The van der Waals surface area contributed by atoms with E-state index in [1.807, 2.05) is 20.8 Å². The molecular weight excluding hydrogens is 395 g/mol. The Morgan fingerprint density at radius 3 is 2.29 bits per heavy atom. The maximum atomic E-state index is 13.3. The highest BCUT2D eigenvalue weighted by Crippen LogP contribution is 2.27. The standard InChI is InChI=1S/C25H29FN2O3/c1-25(2,3)31-24(30)28-14-10-19(11-15-28)17-23(29)22(20-8-12-27-13-9-20)16-18-4-6-21(26)7-5-18/h4-9,12-13,16,19H,10-11,14-15,17H2,1-3H3/b22-16+. The second-order valence-electron chi connectivity index (χ2n) is 8.88. The Balaban J connectivity index is 1.68. The average molecular weight is 425 g/mol. The number of likely N-dealkylation sites (tertiary alicyclic amines) is 1. The van der Waals surface area contributed by atoms with Crippen LogP contribution in [0.3, 0.4) is 0 Å². The fourth-order valence-electron chi connectivity index (χ4n) is 3.60. The molecule has 2 aromatic rings. The summed E-state index contributed by atoms with van der Waals surface area (Å²) < 4.78 is 18.7. The third-order valence-electron chi connectivity index (χ3n) is 5.21. The van der Waals surface area contributed by atoms with Gasteiger partial charge in [0.15, 0.2) is 5.78 Å². The number of ketones is 1. The molecule has 1 aliphatic heterocycles. The SMILES string of the molecule is CC(C)(C)OC(=O)N1CCC(CC(=O)/C(=C/c2ccc(F)cc2)c2ccncc2)CC1. The highest BCUT2D eigenvalue weighted by molar-refractivity contribution is 6.25. The van der Waals surface area contributed by atoms with Crippen LogP contribution in [-0.4, -0.2) is 40.5 Å². The number of Topliss-reactive ketones (excluding diaryl/α,β-unsaturated/α-hetero) is 1. The molecule has 164 valence electrons. The predicted octanol–water partition coefficient (Wildman–Crippen LogP) is 5.37. The Kier molecular flexibility index (Phi) is 7.21. The summed E-state index contributed by atoms with van der Waals surface area (Å²) in [7, 11) is 0. The summed E-state index contributed by atoms with van der Waals surface area (Å²) >= 11 is 0. The molecule has 0 aliphatic carbocycles. The Labute approximate surface area is 182 Å². The Hall–Kier alpha value is -3.02. The number of pyridine rings is 1. The Morgan fingerprint density at radius 1 is 1.10 bits per heavy atom. The van der Waals surface area contributed by atoms with Crippen LogP contribution in [0.25, 0.3) is 11.6 Å². The summed E-state index contributed by atoms with van der Waals surface area (Å²) in [5, 5.41) is 0. The monoisotopic (exact) mass is 424 g/mol. The molecule has 0 atom stereocenters. The normalized spacial score (nSPS) is 15.6. The molecule has 6 heteroatoms. The molecule has 31 heavy (non-hydrogen) atoms.